The van der Waals surface area contributed by atoms with Crippen LogP contribution in [-0.2, 0) is 0 Å². The monoisotopic (exact) mass is 171 g/mol. The molecule has 0 bridgehead atoms. The first kappa shape index (κ1) is 8.77. The molecule has 1 aromatic rings. The average molecular weight is 171 g/mol. The third kappa shape index (κ3) is 1.64. The van der Waals surface area contributed by atoms with Gasteiger partial charge in [0, 0.05) is 11.3 Å². The molecule has 0 atom stereocenters. The SMILES string of the molecule is Cc1nc(C(F)F)ccc1C=O. The molecule has 0 N–H and O–H groups in total. The molecule has 64 valence electrons. The van der Waals surface area contributed by atoms with Crippen LogP contribution in [0.5, 0.6) is 0 Å². The fourth-order valence-electron chi connectivity index (χ4n) is 0.837. The topological polar surface area (TPSA) is 30.0 Å². The van der Waals surface area contributed by atoms with Gasteiger partial charge in [0.15, 0.2) is 6.29 Å². The van der Waals surface area contributed by atoms with Crippen LogP contribution in [0.1, 0.15) is 28.2 Å². The molecule has 12 heavy (non-hydrogen) atoms. The standard InChI is InChI=1S/C8H7F2NO/c1-5-6(4-12)2-3-7(11-5)8(9)10/h2-4,8H,1H3. The number of carbonyl (C=O) groups is 1. The summed E-state index contributed by atoms with van der Waals surface area (Å²) < 4.78 is 24.1. The first-order valence-electron chi connectivity index (χ1n) is 3.36. The van der Waals surface area contributed by atoms with Crippen LogP contribution in [0.3, 0.4) is 0 Å². The normalized spacial score (nSPS) is 10.3. The lowest BCUT2D eigenvalue weighted by atomic mass is 10.2. The molecule has 0 saturated heterocycles. The number of pyridine rings is 1. The summed E-state index contributed by atoms with van der Waals surface area (Å²) in [5.41, 5.74) is 0.389. The van der Waals surface area contributed by atoms with Crippen molar-refractivity contribution in [3.05, 3.63) is 29.1 Å². The Morgan fingerprint density at radius 1 is 1.50 bits per heavy atom. The van der Waals surface area contributed by atoms with E-state index in [1.165, 1.54) is 13.0 Å². The fourth-order valence-corrected chi connectivity index (χ4v) is 0.837. The second kappa shape index (κ2) is 3.38. The smallest absolute Gasteiger partial charge is 0.280 e. The number of hydrogen-bond donors (Lipinski definition) is 0. The molecule has 0 fully saturated rings. The van der Waals surface area contributed by atoms with Gasteiger partial charge < -0.3 is 0 Å². The van der Waals surface area contributed by atoms with E-state index in [0.29, 0.717) is 17.5 Å². The average Bonchev–Trinajstić information content (AvgIpc) is 2.04. The van der Waals surface area contributed by atoms with E-state index in [-0.39, 0.29) is 5.69 Å². The quantitative estimate of drug-likeness (QED) is 0.638. The van der Waals surface area contributed by atoms with Crippen molar-refractivity contribution in [3.8, 4) is 0 Å². The van der Waals surface area contributed by atoms with Crippen molar-refractivity contribution < 1.29 is 13.6 Å². The minimum atomic E-state index is -2.58. The number of aldehydes is 1. The summed E-state index contributed by atoms with van der Waals surface area (Å²) in [6.45, 7) is 1.52. The number of carbonyl (C=O) groups excluding carboxylic acids is 1. The fraction of sp³-hybridized carbons (Fsp3) is 0.250. The van der Waals surface area contributed by atoms with Crippen LogP contribution >= 0.6 is 0 Å². The van der Waals surface area contributed by atoms with Crippen LogP contribution in [0, 0.1) is 6.92 Å². The lowest BCUT2D eigenvalue weighted by Gasteiger charge is -2.01. The summed E-state index contributed by atoms with van der Waals surface area (Å²) in [7, 11) is 0. The number of alkyl halides is 2. The Morgan fingerprint density at radius 3 is 2.58 bits per heavy atom. The third-order valence-electron chi connectivity index (χ3n) is 1.50. The van der Waals surface area contributed by atoms with Gasteiger partial charge in [-0.25, -0.2) is 8.78 Å². The zero-order chi connectivity index (χ0) is 9.14. The summed E-state index contributed by atoms with van der Waals surface area (Å²) in [4.78, 5) is 13.8. The van der Waals surface area contributed by atoms with E-state index in [0.717, 1.165) is 6.07 Å². The summed E-state index contributed by atoms with van der Waals surface area (Å²) >= 11 is 0. The predicted molar refractivity (Wildman–Crippen MR) is 39.3 cm³/mol. The van der Waals surface area contributed by atoms with Crippen molar-refractivity contribution in [1.29, 1.82) is 0 Å². The van der Waals surface area contributed by atoms with E-state index < -0.39 is 6.43 Å². The van der Waals surface area contributed by atoms with Gasteiger partial charge in [-0.3, -0.25) is 9.78 Å². The highest BCUT2D eigenvalue weighted by Gasteiger charge is 2.09. The van der Waals surface area contributed by atoms with Gasteiger partial charge in [0.2, 0.25) is 0 Å². The van der Waals surface area contributed by atoms with E-state index in [1.54, 1.807) is 0 Å². The molecular formula is C8H7F2NO. The minimum absolute atomic E-state index is 0.293. The molecule has 0 unspecified atom stereocenters. The number of aryl methyl sites for hydroxylation is 1. The van der Waals surface area contributed by atoms with Gasteiger partial charge in [-0.05, 0) is 19.1 Å². The lowest BCUT2D eigenvalue weighted by Crippen LogP contribution is -1.96. The first-order valence-corrected chi connectivity index (χ1v) is 3.36. The van der Waals surface area contributed by atoms with Crippen molar-refractivity contribution >= 4 is 6.29 Å². The molecule has 1 aromatic heterocycles. The highest BCUT2D eigenvalue weighted by molar-refractivity contribution is 5.76. The molecule has 0 spiro atoms. The van der Waals surface area contributed by atoms with E-state index in [1.807, 2.05) is 0 Å². The van der Waals surface area contributed by atoms with Gasteiger partial charge in [-0.1, -0.05) is 0 Å². The molecule has 2 nitrogen and oxygen atoms in total. The third-order valence-corrected chi connectivity index (χ3v) is 1.50. The molecule has 4 heteroatoms. The van der Waals surface area contributed by atoms with E-state index in [2.05, 4.69) is 4.98 Å². The van der Waals surface area contributed by atoms with Crippen molar-refractivity contribution in [1.82, 2.24) is 4.98 Å². The molecule has 1 rings (SSSR count). The highest BCUT2D eigenvalue weighted by atomic mass is 19.3. The molecule has 0 aliphatic rings. The number of aromatic nitrogens is 1. The summed E-state index contributed by atoms with van der Waals surface area (Å²) in [5.74, 6) is 0. The van der Waals surface area contributed by atoms with Crippen LogP contribution in [-0.4, -0.2) is 11.3 Å². The Hall–Kier alpha value is -1.32. The molecule has 0 saturated carbocycles. The summed E-state index contributed by atoms with van der Waals surface area (Å²) in [6.07, 6.45) is -1.98. The van der Waals surface area contributed by atoms with E-state index >= 15 is 0 Å². The maximum Gasteiger partial charge on any atom is 0.280 e. The van der Waals surface area contributed by atoms with Crippen molar-refractivity contribution in [2.75, 3.05) is 0 Å². The number of hydrogen-bond acceptors (Lipinski definition) is 2. The van der Waals surface area contributed by atoms with E-state index in [4.69, 9.17) is 0 Å². The van der Waals surface area contributed by atoms with Gasteiger partial charge in [-0.15, -0.1) is 0 Å². The molecule has 0 amide bonds. The molecule has 0 radical (unpaired) electrons. The van der Waals surface area contributed by atoms with Crippen molar-refractivity contribution in [2.24, 2.45) is 0 Å². The number of nitrogens with zero attached hydrogens (tertiary/aromatic N) is 1. The van der Waals surface area contributed by atoms with Crippen LogP contribution in [0.2, 0.25) is 0 Å². The maximum absolute atomic E-state index is 12.0. The van der Waals surface area contributed by atoms with Gasteiger partial charge in [0.25, 0.3) is 6.43 Å². The Labute approximate surface area is 68.2 Å². The number of halogens is 2. The zero-order valence-corrected chi connectivity index (χ0v) is 6.42. The molecule has 0 aliphatic carbocycles. The van der Waals surface area contributed by atoms with Crippen LogP contribution in [0.15, 0.2) is 12.1 Å². The predicted octanol–water partition coefficient (Wildman–Crippen LogP) is 2.14. The van der Waals surface area contributed by atoms with Crippen LogP contribution in [0.25, 0.3) is 0 Å². The van der Waals surface area contributed by atoms with Crippen LogP contribution in [0.4, 0.5) is 8.78 Å². The number of rotatable bonds is 2. The Kier molecular flexibility index (Phi) is 2.47. The van der Waals surface area contributed by atoms with Gasteiger partial charge in [0.05, 0.1) is 0 Å². The van der Waals surface area contributed by atoms with E-state index in [9.17, 15) is 13.6 Å². The molecular weight excluding hydrogens is 164 g/mol. The Bertz CT molecular complexity index is 299. The first-order chi connectivity index (χ1) is 5.65. The Morgan fingerprint density at radius 2 is 2.17 bits per heavy atom. The largest absolute Gasteiger partial charge is 0.298 e. The maximum atomic E-state index is 12.0. The second-order valence-electron chi connectivity index (χ2n) is 2.33. The van der Waals surface area contributed by atoms with Crippen molar-refractivity contribution in [3.63, 3.8) is 0 Å². The molecule has 0 aliphatic heterocycles. The Balaban J connectivity index is 3.10. The van der Waals surface area contributed by atoms with Crippen LogP contribution < -0.4 is 0 Å². The molecule has 1 heterocycles. The van der Waals surface area contributed by atoms with Gasteiger partial charge in [-0.2, -0.15) is 0 Å². The minimum Gasteiger partial charge on any atom is -0.298 e. The van der Waals surface area contributed by atoms with Crippen molar-refractivity contribution in [2.45, 2.75) is 13.3 Å². The highest BCUT2D eigenvalue weighted by Crippen LogP contribution is 2.17. The molecule has 0 aromatic carbocycles. The lowest BCUT2D eigenvalue weighted by molar-refractivity contribution is 0.112. The summed E-state index contributed by atoms with van der Waals surface area (Å²) in [6, 6.07) is 2.50. The van der Waals surface area contributed by atoms with Gasteiger partial charge in [0.1, 0.15) is 5.69 Å². The second-order valence-corrected chi connectivity index (χ2v) is 2.33. The summed E-state index contributed by atoms with van der Waals surface area (Å²) in [5, 5.41) is 0. The zero-order valence-electron chi connectivity index (χ0n) is 6.42. The van der Waals surface area contributed by atoms with Gasteiger partial charge >= 0.3 is 0 Å².